The number of fused-ring (bicyclic) bond motifs is 1. The Balaban J connectivity index is 1.51. The lowest BCUT2D eigenvalue weighted by Crippen LogP contribution is -2.47. The summed E-state index contributed by atoms with van der Waals surface area (Å²) in [6, 6.07) is 9.85. The first-order valence-electron chi connectivity index (χ1n) is 14.5. The van der Waals surface area contributed by atoms with E-state index < -0.39 is 45.5 Å². The van der Waals surface area contributed by atoms with Gasteiger partial charge in [-0.1, -0.05) is 17.7 Å². The average Bonchev–Trinajstić information content (AvgIpc) is 3.25. The van der Waals surface area contributed by atoms with E-state index in [1.54, 1.807) is 14.7 Å². The van der Waals surface area contributed by atoms with Crippen molar-refractivity contribution in [2.45, 2.75) is 26.3 Å². The molecule has 1 aromatic carbocycles. The second-order valence-corrected chi connectivity index (χ2v) is 14.7. The van der Waals surface area contributed by atoms with E-state index in [9.17, 15) is 43.1 Å². The Morgan fingerprint density at radius 1 is 0.778 bits per heavy atom. The standard InChI is InChI=1S/C27H40N6O10P2/c1-21-2-5-24-22(16-21)3-4-23(28-24)17-29-8-12-31(19-44(37,38)39)14-10-30(11-15-32(13-9-29)20-45(40,41)42)18-27(36)43-33-25(34)6-7-26(33)35/h2-5,16H,6-15,17-20H2,1H3,(H2,37,38,39)(H2,40,41,42). The number of aryl methyl sites for hydroxylation is 1. The van der Waals surface area contributed by atoms with Crippen molar-refractivity contribution in [1.82, 2.24) is 29.6 Å². The summed E-state index contributed by atoms with van der Waals surface area (Å²) < 4.78 is 24.0. The predicted octanol–water partition coefficient (Wildman–Crippen LogP) is 0.142. The molecule has 0 spiro atoms. The third-order valence-corrected chi connectivity index (χ3v) is 9.07. The van der Waals surface area contributed by atoms with Crippen LogP contribution in [0.5, 0.6) is 0 Å². The third-order valence-electron chi connectivity index (χ3n) is 7.54. The van der Waals surface area contributed by atoms with Crippen LogP contribution in [0.3, 0.4) is 0 Å². The van der Waals surface area contributed by atoms with Gasteiger partial charge in [0.2, 0.25) is 0 Å². The highest BCUT2D eigenvalue weighted by molar-refractivity contribution is 7.51. The molecular formula is C27H40N6O10P2. The smallest absolute Gasteiger partial charge is 0.329 e. The molecule has 0 atom stereocenters. The molecule has 4 rings (SSSR count). The molecule has 4 N–H and O–H groups in total. The van der Waals surface area contributed by atoms with Crippen LogP contribution in [0, 0.1) is 6.92 Å². The maximum absolute atomic E-state index is 12.7. The Kier molecular flexibility index (Phi) is 12.0. The third kappa shape index (κ3) is 11.6. The van der Waals surface area contributed by atoms with E-state index in [1.807, 2.05) is 42.2 Å². The molecule has 0 saturated carbocycles. The maximum atomic E-state index is 12.7. The van der Waals surface area contributed by atoms with Crippen LogP contribution in [0.4, 0.5) is 0 Å². The van der Waals surface area contributed by atoms with E-state index >= 15 is 0 Å². The molecule has 2 saturated heterocycles. The number of imide groups is 1. The second kappa shape index (κ2) is 15.3. The lowest BCUT2D eigenvalue weighted by atomic mass is 10.1. The van der Waals surface area contributed by atoms with Crippen molar-refractivity contribution in [3.8, 4) is 0 Å². The molecule has 0 aliphatic carbocycles. The second-order valence-electron chi connectivity index (χ2n) is 11.4. The average molecular weight is 671 g/mol. The molecule has 2 amide bonds. The maximum Gasteiger partial charge on any atom is 0.347 e. The van der Waals surface area contributed by atoms with Gasteiger partial charge in [-0.3, -0.25) is 43.3 Å². The van der Waals surface area contributed by atoms with Crippen LogP contribution in [-0.4, -0.2) is 138 Å². The molecule has 248 valence electrons. The Morgan fingerprint density at radius 3 is 1.82 bits per heavy atom. The number of nitrogens with zero attached hydrogens (tertiary/aromatic N) is 6. The van der Waals surface area contributed by atoms with Crippen LogP contribution < -0.4 is 0 Å². The van der Waals surface area contributed by atoms with Gasteiger partial charge < -0.3 is 24.4 Å². The summed E-state index contributed by atoms with van der Waals surface area (Å²) in [5.74, 6) is -2.12. The van der Waals surface area contributed by atoms with E-state index in [-0.39, 0.29) is 58.7 Å². The fraction of sp³-hybridized carbons (Fsp3) is 0.556. The molecule has 2 aliphatic heterocycles. The lowest BCUT2D eigenvalue weighted by molar-refractivity contribution is -0.198. The number of carbonyl (C=O) groups is 3. The fourth-order valence-corrected chi connectivity index (χ4v) is 6.88. The van der Waals surface area contributed by atoms with E-state index in [4.69, 9.17) is 9.82 Å². The lowest BCUT2D eigenvalue weighted by Gasteiger charge is -2.34. The van der Waals surface area contributed by atoms with Crippen molar-refractivity contribution >= 4 is 43.9 Å². The summed E-state index contributed by atoms with van der Waals surface area (Å²) in [5, 5.41) is 1.44. The van der Waals surface area contributed by atoms with E-state index in [0.717, 1.165) is 22.2 Å². The minimum atomic E-state index is -4.44. The summed E-state index contributed by atoms with van der Waals surface area (Å²) in [7, 11) is -8.87. The van der Waals surface area contributed by atoms with Crippen molar-refractivity contribution < 1.29 is 47.9 Å². The Morgan fingerprint density at radius 2 is 1.29 bits per heavy atom. The van der Waals surface area contributed by atoms with Crippen molar-refractivity contribution in [2.24, 2.45) is 0 Å². The van der Waals surface area contributed by atoms with Gasteiger partial charge in [-0.2, -0.15) is 0 Å². The van der Waals surface area contributed by atoms with Crippen LogP contribution in [0.15, 0.2) is 30.3 Å². The molecule has 2 fully saturated rings. The quantitative estimate of drug-likeness (QED) is 0.207. The Hall–Kier alpha value is -2.62. The van der Waals surface area contributed by atoms with E-state index in [0.29, 0.717) is 24.7 Å². The summed E-state index contributed by atoms with van der Waals surface area (Å²) in [6.45, 7) is 3.90. The van der Waals surface area contributed by atoms with Gasteiger partial charge in [0.1, 0.15) is 12.6 Å². The molecule has 16 nitrogen and oxygen atoms in total. The van der Waals surface area contributed by atoms with Gasteiger partial charge in [-0.25, -0.2) is 4.79 Å². The van der Waals surface area contributed by atoms with Crippen LogP contribution >= 0.6 is 15.2 Å². The van der Waals surface area contributed by atoms with Crippen LogP contribution in [0.1, 0.15) is 24.1 Å². The summed E-state index contributed by atoms with van der Waals surface area (Å²) >= 11 is 0. The highest BCUT2D eigenvalue weighted by atomic mass is 31.2. The zero-order valence-electron chi connectivity index (χ0n) is 25.1. The molecule has 1 aromatic heterocycles. The first-order chi connectivity index (χ1) is 21.1. The van der Waals surface area contributed by atoms with Gasteiger partial charge >= 0.3 is 21.2 Å². The van der Waals surface area contributed by atoms with Crippen molar-refractivity contribution in [3.05, 3.63) is 41.6 Å². The number of amides is 2. The number of carbonyl (C=O) groups excluding carboxylic acids is 3. The van der Waals surface area contributed by atoms with Gasteiger partial charge in [0.15, 0.2) is 0 Å². The van der Waals surface area contributed by atoms with Crippen molar-refractivity contribution in [2.75, 3.05) is 71.5 Å². The first kappa shape index (κ1) is 35.2. The number of hydrogen-bond donors (Lipinski definition) is 4. The number of hydroxylamine groups is 2. The molecule has 0 unspecified atom stereocenters. The van der Waals surface area contributed by atoms with Gasteiger partial charge in [-0.15, -0.1) is 5.06 Å². The molecule has 2 aromatic rings. The molecule has 45 heavy (non-hydrogen) atoms. The van der Waals surface area contributed by atoms with Crippen molar-refractivity contribution in [3.63, 3.8) is 0 Å². The van der Waals surface area contributed by atoms with E-state index in [2.05, 4.69) is 0 Å². The van der Waals surface area contributed by atoms with Gasteiger partial charge in [0, 0.05) is 77.1 Å². The van der Waals surface area contributed by atoms with Crippen LogP contribution in [0.2, 0.25) is 0 Å². The first-order valence-corrected chi connectivity index (χ1v) is 18.1. The highest BCUT2D eigenvalue weighted by Crippen LogP contribution is 2.36. The number of rotatable bonds is 9. The van der Waals surface area contributed by atoms with Crippen molar-refractivity contribution in [1.29, 1.82) is 0 Å². The predicted molar refractivity (Wildman–Crippen MR) is 162 cm³/mol. The fourth-order valence-electron chi connectivity index (χ4n) is 5.27. The number of aromatic nitrogens is 1. The number of benzene rings is 1. The number of hydrogen-bond acceptors (Lipinski definition) is 11. The van der Waals surface area contributed by atoms with Crippen LogP contribution in [0.25, 0.3) is 10.9 Å². The van der Waals surface area contributed by atoms with Gasteiger partial charge in [0.25, 0.3) is 11.8 Å². The molecule has 0 radical (unpaired) electrons. The topological polar surface area (TPSA) is 205 Å². The zero-order chi connectivity index (χ0) is 32.8. The normalized spacial score (nSPS) is 19.5. The molecular weight excluding hydrogens is 630 g/mol. The Labute approximate surface area is 260 Å². The largest absolute Gasteiger partial charge is 0.347 e. The minimum absolute atomic E-state index is 0.0574. The molecule has 2 aliphatic rings. The summed E-state index contributed by atoms with van der Waals surface area (Å²) in [6.07, 6.45) is -1.13. The zero-order valence-corrected chi connectivity index (χ0v) is 26.9. The highest BCUT2D eigenvalue weighted by Gasteiger charge is 2.33. The minimum Gasteiger partial charge on any atom is -0.329 e. The van der Waals surface area contributed by atoms with Crippen LogP contribution in [-0.2, 0) is 34.9 Å². The monoisotopic (exact) mass is 670 g/mol. The molecule has 18 heteroatoms. The SMILES string of the molecule is Cc1ccc2nc(CN3CCN(CP(=O)(O)O)CCN(CC(=O)ON4C(=O)CCC4=O)CCN(CP(=O)(O)O)CC3)ccc2c1. The molecule has 0 bridgehead atoms. The number of pyridine rings is 1. The van der Waals surface area contributed by atoms with Gasteiger partial charge in [0.05, 0.1) is 17.8 Å². The summed E-state index contributed by atoms with van der Waals surface area (Å²) in [4.78, 5) is 92.0. The molecule has 3 heterocycles. The summed E-state index contributed by atoms with van der Waals surface area (Å²) in [5.41, 5.74) is 2.72. The van der Waals surface area contributed by atoms with E-state index in [1.165, 1.54) is 0 Å². The van der Waals surface area contributed by atoms with Gasteiger partial charge in [-0.05, 0) is 25.1 Å². The Bertz CT molecular complexity index is 1430.